The van der Waals surface area contributed by atoms with Crippen LogP contribution in [0.3, 0.4) is 0 Å². The minimum atomic E-state index is -0.279. The van der Waals surface area contributed by atoms with Gasteiger partial charge in [-0.15, -0.1) is 0 Å². The third-order valence-corrected chi connectivity index (χ3v) is 4.88. The maximum Gasteiger partial charge on any atom is 0.321 e. The molecule has 1 heterocycles. The number of benzene rings is 2. The summed E-state index contributed by atoms with van der Waals surface area (Å²) in [5.74, 6) is -0.0150. The number of rotatable bonds is 4. The van der Waals surface area contributed by atoms with Crippen molar-refractivity contribution in [2.75, 3.05) is 10.6 Å². The van der Waals surface area contributed by atoms with E-state index in [0.717, 1.165) is 42.4 Å². The van der Waals surface area contributed by atoms with Crippen LogP contribution in [0.5, 0.6) is 0 Å². The zero-order chi connectivity index (χ0) is 19.3. The molecule has 1 fully saturated rings. The van der Waals surface area contributed by atoms with Crippen LogP contribution in [0, 0.1) is 5.82 Å². The number of aromatic nitrogens is 2. The molecule has 7 heteroatoms. The molecule has 0 unspecified atom stereocenters. The summed E-state index contributed by atoms with van der Waals surface area (Å²) in [5.41, 5.74) is 2.30. The molecule has 2 amide bonds. The zero-order valence-corrected chi connectivity index (χ0v) is 15.4. The molecule has 1 aliphatic rings. The molecule has 28 heavy (non-hydrogen) atoms. The van der Waals surface area contributed by atoms with Gasteiger partial charge < -0.3 is 10.6 Å². The number of hydrogen-bond acceptors (Lipinski definition) is 4. The lowest BCUT2D eigenvalue weighted by molar-refractivity contribution is 0.244. The van der Waals surface area contributed by atoms with Crippen molar-refractivity contribution in [3.8, 4) is 0 Å². The summed E-state index contributed by atoms with van der Waals surface area (Å²) in [6.45, 7) is 0. The second kappa shape index (κ2) is 8.21. The minimum absolute atomic E-state index is 0.223. The van der Waals surface area contributed by atoms with Crippen molar-refractivity contribution < 1.29 is 9.18 Å². The van der Waals surface area contributed by atoms with Gasteiger partial charge in [-0.05, 0) is 55.3 Å². The molecular formula is C21H22FN5O. The largest absolute Gasteiger partial charge is 0.355 e. The smallest absolute Gasteiger partial charge is 0.321 e. The maximum atomic E-state index is 13.0. The van der Waals surface area contributed by atoms with Crippen LogP contribution in [0.1, 0.15) is 32.1 Å². The number of amides is 2. The first-order valence-electron chi connectivity index (χ1n) is 9.53. The Labute approximate surface area is 162 Å². The lowest BCUT2D eigenvalue weighted by atomic mass is 9.96. The number of nitrogens with zero attached hydrogens (tertiary/aromatic N) is 2. The fraction of sp³-hybridized carbons (Fsp3) is 0.286. The lowest BCUT2D eigenvalue weighted by Gasteiger charge is -2.22. The van der Waals surface area contributed by atoms with Gasteiger partial charge in [0.15, 0.2) is 0 Å². The lowest BCUT2D eigenvalue weighted by Crippen LogP contribution is -2.39. The van der Waals surface area contributed by atoms with Gasteiger partial charge in [0.25, 0.3) is 0 Å². The first-order valence-corrected chi connectivity index (χ1v) is 9.53. The van der Waals surface area contributed by atoms with Crippen molar-refractivity contribution in [3.63, 3.8) is 0 Å². The van der Waals surface area contributed by atoms with Gasteiger partial charge in [0.05, 0.1) is 5.52 Å². The molecule has 0 saturated heterocycles. The van der Waals surface area contributed by atoms with Crippen LogP contribution in [0.25, 0.3) is 10.9 Å². The van der Waals surface area contributed by atoms with E-state index in [0.29, 0.717) is 5.52 Å². The average molecular weight is 379 g/mol. The molecule has 0 atom stereocenters. The van der Waals surface area contributed by atoms with E-state index in [9.17, 15) is 9.18 Å². The molecule has 1 saturated carbocycles. The highest BCUT2D eigenvalue weighted by atomic mass is 19.1. The van der Waals surface area contributed by atoms with Crippen LogP contribution < -0.4 is 16.0 Å². The van der Waals surface area contributed by atoms with Gasteiger partial charge in [-0.3, -0.25) is 5.32 Å². The quantitative estimate of drug-likeness (QED) is 0.598. The van der Waals surface area contributed by atoms with Gasteiger partial charge >= 0.3 is 6.03 Å². The van der Waals surface area contributed by atoms with E-state index < -0.39 is 0 Å². The fourth-order valence-corrected chi connectivity index (χ4v) is 3.43. The van der Waals surface area contributed by atoms with Crippen LogP contribution in [0.2, 0.25) is 0 Å². The van der Waals surface area contributed by atoms with Crippen molar-refractivity contribution in [2.45, 2.75) is 38.1 Å². The van der Waals surface area contributed by atoms with Crippen molar-refractivity contribution in [1.29, 1.82) is 0 Å². The molecule has 0 radical (unpaired) electrons. The van der Waals surface area contributed by atoms with E-state index in [2.05, 4.69) is 25.9 Å². The Morgan fingerprint density at radius 3 is 2.54 bits per heavy atom. The monoisotopic (exact) mass is 379 g/mol. The molecule has 144 valence electrons. The third kappa shape index (κ3) is 4.54. The van der Waals surface area contributed by atoms with E-state index >= 15 is 0 Å². The SMILES string of the molecule is O=C(Nc1ncc2ccc(Nc3ccc(F)cc3)cc2n1)NC1CCCCC1. The summed E-state index contributed by atoms with van der Waals surface area (Å²) in [4.78, 5) is 20.9. The maximum absolute atomic E-state index is 13.0. The number of anilines is 3. The molecule has 3 aromatic rings. The molecule has 1 aromatic heterocycles. The molecule has 1 aliphatic carbocycles. The average Bonchev–Trinajstić information content (AvgIpc) is 2.70. The van der Waals surface area contributed by atoms with Gasteiger partial charge in [-0.1, -0.05) is 19.3 Å². The second-order valence-corrected chi connectivity index (χ2v) is 7.03. The summed E-state index contributed by atoms with van der Waals surface area (Å²) in [6, 6.07) is 11.8. The highest BCUT2D eigenvalue weighted by Gasteiger charge is 2.16. The zero-order valence-electron chi connectivity index (χ0n) is 15.4. The number of hydrogen-bond donors (Lipinski definition) is 3. The highest BCUT2D eigenvalue weighted by Crippen LogP contribution is 2.22. The summed E-state index contributed by atoms with van der Waals surface area (Å²) < 4.78 is 13.0. The van der Waals surface area contributed by atoms with Gasteiger partial charge in [-0.25, -0.2) is 19.2 Å². The Hall–Kier alpha value is -3.22. The predicted octanol–water partition coefficient (Wildman–Crippen LogP) is 4.97. The Morgan fingerprint density at radius 1 is 1.00 bits per heavy atom. The minimum Gasteiger partial charge on any atom is -0.355 e. The number of carbonyl (C=O) groups excluding carboxylic acids is 1. The Bertz CT molecular complexity index is 970. The molecule has 2 aromatic carbocycles. The van der Waals surface area contributed by atoms with Gasteiger partial charge in [0.1, 0.15) is 5.82 Å². The van der Waals surface area contributed by atoms with Gasteiger partial charge in [0, 0.05) is 29.0 Å². The number of carbonyl (C=O) groups is 1. The molecule has 0 bridgehead atoms. The molecule has 3 N–H and O–H groups in total. The summed E-state index contributed by atoms with van der Waals surface area (Å²) in [7, 11) is 0. The number of nitrogens with one attached hydrogen (secondary N) is 3. The molecular weight excluding hydrogens is 357 g/mol. The third-order valence-electron chi connectivity index (χ3n) is 4.88. The Morgan fingerprint density at radius 2 is 1.75 bits per heavy atom. The van der Waals surface area contributed by atoms with Crippen LogP contribution in [-0.2, 0) is 0 Å². The summed E-state index contributed by atoms with van der Waals surface area (Å²) in [5, 5.41) is 9.79. The first-order chi connectivity index (χ1) is 13.7. The van der Waals surface area contributed by atoms with Crippen molar-refractivity contribution in [2.24, 2.45) is 0 Å². The van der Waals surface area contributed by atoms with Crippen LogP contribution in [-0.4, -0.2) is 22.0 Å². The standard InChI is InChI=1S/C21H22FN5O/c22-15-7-10-17(11-8-15)24-18-9-6-14-13-23-20(26-19(14)12-18)27-21(28)25-16-4-2-1-3-5-16/h6-13,16,24H,1-5H2,(H2,23,25,26,27,28). The van der Waals surface area contributed by atoms with E-state index in [4.69, 9.17) is 0 Å². The molecule has 6 nitrogen and oxygen atoms in total. The van der Waals surface area contributed by atoms with Crippen molar-refractivity contribution in [1.82, 2.24) is 15.3 Å². The Kier molecular flexibility index (Phi) is 5.32. The van der Waals surface area contributed by atoms with E-state index in [1.54, 1.807) is 18.3 Å². The van der Waals surface area contributed by atoms with Gasteiger partial charge in [-0.2, -0.15) is 0 Å². The topological polar surface area (TPSA) is 78.9 Å². The van der Waals surface area contributed by atoms with Gasteiger partial charge in [0.2, 0.25) is 5.95 Å². The van der Waals surface area contributed by atoms with E-state index in [1.807, 2.05) is 18.2 Å². The summed E-state index contributed by atoms with van der Waals surface area (Å²) >= 11 is 0. The van der Waals surface area contributed by atoms with Crippen LogP contribution >= 0.6 is 0 Å². The number of halogens is 1. The molecule has 4 rings (SSSR count). The van der Waals surface area contributed by atoms with Crippen molar-refractivity contribution >= 4 is 34.3 Å². The normalized spacial score (nSPS) is 14.6. The van der Waals surface area contributed by atoms with Crippen molar-refractivity contribution in [3.05, 3.63) is 54.5 Å². The Balaban J connectivity index is 1.46. The van der Waals surface area contributed by atoms with Crippen LogP contribution in [0.15, 0.2) is 48.7 Å². The van der Waals surface area contributed by atoms with E-state index in [-0.39, 0.29) is 23.8 Å². The first kappa shape index (κ1) is 18.2. The predicted molar refractivity (Wildman–Crippen MR) is 108 cm³/mol. The molecule has 0 aliphatic heterocycles. The number of fused-ring (bicyclic) bond motifs is 1. The van der Waals surface area contributed by atoms with Crippen LogP contribution in [0.4, 0.5) is 26.5 Å². The highest BCUT2D eigenvalue weighted by molar-refractivity contribution is 5.89. The fourth-order valence-electron chi connectivity index (χ4n) is 3.43. The number of urea groups is 1. The second-order valence-electron chi connectivity index (χ2n) is 7.03. The summed E-state index contributed by atoms with van der Waals surface area (Å²) in [6.07, 6.45) is 7.26. The molecule has 0 spiro atoms. The van der Waals surface area contributed by atoms with E-state index in [1.165, 1.54) is 18.6 Å².